The van der Waals surface area contributed by atoms with Crippen LogP contribution in [0.15, 0.2) is 60.8 Å². The fourth-order valence-electron chi connectivity index (χ4n) is 3.74. The normalized spacial score (nSPS) is 16.0. The summed E-state index contributed by atoms with van der Waals surface area (Å²) >= 11 is 0. The Morgan fingerprint density at radius 3 is 2.48 bits per heavy atom. The van der Waals surface area contributed by atoms with Crippen molar-refractivity contribution < 1.29 is 13.6 Å². The quantitative estimate of drug-likeness (QED) is 0.661. The SMILES string of the molecule is CN(C)C1CCN(c2ccc(NC(=O)c3ccc(-c4ccc(F)cc4F)nc3)cc2)C1. The second-order valence-corrected chi connectivity index (χ2v) is 7.91. The first kappa shape index (κ1) is 20.9. The van der Waals surface area contributed by atoms with Crippen molar-refractivity contribution >= 4 is 17.3 Å². The molecule has 160 valence electrons. The van der Waals surface area contributed by atoms with Gasteiger partial charge in [0, 0.05) is 48.3 Å². The third kappa shape index (κ3) is 4.72. The summed E-state index contributed by atoms with van der Waals surface area (Å²) in [4.78, 5) is 21.3. The summed E-state index contributed by atoms with van der Waals surface area (Å²) in [5, 5.41) is 2.85. The molecule has 31 heavy (non-hydrogen) atoms. The van der Waals surface area contributed by atoms with Crippen LogP contribution in [0, 0.1) is 11.6 Å². The Labute approximate surface area is 180 Å². The minimum Gasteiger partial charge on any atom is -0.370 e. The molecule has 1 aliphatic heterocycles. The van der Waals surface area contributed by atoms with E-state index in [1.165, 1.54) is 18.3 Å². The molecule has 5 nitrogen and oxygen atoms in total. The van der Waals surface area contributed by atoms with Crippen LogP contribution in [0.5, 0.6) is 0 Å². The van der Waals surface area contributed by atoms with Crippen LogP contribution in [0.4, 0.5) is 20.2 Å². The molecule has 0 aliphatic carbocycles. The van der Waals surface area contributed by atoms with Crippen LogP contribution in [0.3, 0.4) is 0 Å². The maximum absolute atomic E-state index is 13.9. The number of aromatic nitrogens is 1. The first-order valence-electron chi connectivity index (χ1n) is 10.1. The molecule has 3 aromatic rings. The molecule has 0 bridgehead atoms. The first-order chi connectivity index (χ1) is 14.9. The predicted octanol–water partition coefficient (Wildman–Crippen LogP) is 4.42. The molecule has 1 unspecified atom stereocenters. The third-order valence-corrected chi connectivity index (χ3v) is 5.62. The van der Waals surface area contributed by atoms with E-state index in [2.05, 4.69) is 34.2 Å². The van der Waals surface area contributed by atoms with Crippen molar-refractivity contribution in [3.8, 4) is 11.3 Å². The molecule has 2 aromatic carbocycles. The molecule has 0 saturated carbocycles. The lowest BCUT2D eigenvalue weighted by Crippen LogP contribution is -2.31. The van der Waals surface area contributed by atoms with Crippen molar-refractivity contribution in [1.82, 2.24) is 9.88 Å². The highest BCUT2D eigenvalue weighted by molar-refractivity contribution is 6.04. The number of amides is 1. The maximum atomic E-state index is 13.9. The number of carbonyl (C=O) groups is 1. The van der Waals surface area contributed by atoms with Crippen molar-refractivity contribution in [2.45, 2.75) is 12.5 Å². The van der Waals surface area contributed by atoms with Crippen LogP contribution in [-0.4, -0.2) is 49.0 Å². The zero-order valence-corrected chi connectivity index (χ0v) is 17.5. The molecule has 0 spiro atoms. The molecule has 7 heteroatoms. The predicted molar refractivity (Wildman–Crippen MR) is 118 cm³/mol. The number of benzene rings is 2. The molecular formula is C24H24F2N4O. The fourth-order valence-corrected chi connectivity index (χ4v) is 3.74. The van der Waals surface area contributed by atoms with E-state index >= 15 is 0 Å². The molecule has 1 amide bonds. The number of nitrogens with one attached hydrogen (secondary N) is 1. The van der Waals surface area contributed by atoms with Gasteiger partial charge in [-0.15, -0.1) is 0 Å². The zero-order valence-electron chi connectivity index (χ0n) is 17.5. The topological polar surface area (TPSA) is 48.5 Å². The van der Waals surface area contributed by atoms with Gasteiger partial charge in [-0.1, -0.05) is 0 Å². The number of halogens is 2. The number of rotatable bonds is 5. The molecular weight excluding hydrogens is 398 g/mol. The Balaban J connectivity index is 1.40. The summed E-state index contributed by atoms with van der Waals surface area (Å²) in [6.07, 6.45) is 2.52. The minimum atomic E-state index is -0.695. The summed E-state index contributed by atoms with van der Waals surface area (Å²) < 4.78 is 27.0. The van der Waals surface area contributed by atoms with Gasteiger partial charge in [0.25, 0.3) is 5.91 Å². The smallest absolute Gasteiger partial charge is 0.257 e. The Morgan fingerprint density at radius 2 is 1.87 bits per heavy atom. The number of hydrogen-bond acceptors (Lipinski definition) is 4. The number of nitrogens with zero attached hydrogens (tertiary/aromatic N) is 3. The van der Waals surface area contributed by atoms with E-state index in [-0.39, 0.29) is 11.5 Å². The lowest BCUT2D eigenvalue weighted by molar-refractivity contribution is 0.102. The molecule has 4 rings (SSSR count). The summed E-state index contributed by atoms with van der Waals surface area (Å²) in [6.45, 7) is 2.01. The van der Waals surface area contributed by atoms with Crippen LogP contribution in [0.25, 0.3) is 11.3 Å². The van der Waals surface area contributed by atoms with Crippen LogP contribution in [-0.2, 0) is 0 Å². The van der Waals surface area contributed by atoms with E-state index in [0.717, 1.165) is 31.3 Å². The van der Waals surface area contributed by atoms with E-state index in [1.54, 1.807) is 12.1 Å². The van der Waals surface area contributed by atoms with Gasteiger partial charge in [0.05, 0.1) is 11.3 Å². The molecule has 1 fully saturated rings. The molecule has 1 atom stereocenters. The summed E-state index contributed by atoms with van der Waals surface area (Å²) in [6, 6.07) is 14.8. The van der Waals surface area contributed by atoms with Gasteiger partial charge in [-0.05, 0) is 69.0 Å². The highest BCUT2D eigenvalue weighted by Crippen LogP contribution is 2.25. The average Bonchev–Trinajstić information content (AvgIpc) is 3.25. The Morgan fingerprint density at radius 1 is 1.10 bits per heavy atom. The maximum Gasteiger partial charge on any atom is 0.257 e. The summed E-state index contributed by atoms with van der Waals surface area (Å²) in [7, 11) is 4.20. The van der Waals surface area contributed by atoms with Crippen molar-refractivity contribution in [3.63, 3.8) is 0 Å². The van der Waals surface area contributed by atoms with Gasteiger partial charge in [-0.3, -0.25) is 9.78 Å². The van der Waals surface area contributed by atoms with E-state index in [4.69, 9.17) is 0 Å². The molecule has 1 saturated heterocycles. The summed E-state index contributed by atoms with van der Waals surface area (Å²) in [5.74, 6) is -1.65. The second kappa shape index (κ2) is 8.81. The number of pyridine rings is 1. The molecule has 0 radical (unpaired) electrons. The van der Waals surface area contributed by atoms with Gasteiger partial charge in [-0.2, -0.15) is 0 Å². The number of anilines is 2. The van der Waals surface area contributed by atoms with Gasteiger partial charge < -0.3 is 15.1 Å². The van der Waals surface area contributed by atoms with Crippen LogP contribution in [0.1, 0.15) is 16.8 Å². The molecule has 1 N–H and O–H groups in total. The molecule has 2 heterocycles. The second-order valence-electron chi connectivity index (χ2n) is 7.91. The van der Waals surface area contributed by atoms with E-state index < -0.39 is 11.6 Å². The zero-order chi connectivity index (χ0) is 22.0. The number of carbonyl (C=O) groups excluding carboxylic acids is 1. The van der Waals surface area contributed by atoms with Gasteiger partial charge in [-0.25, -0.2) is 8.78 Å². The van der Waals surface area contributed by atoms with Gasteiger partial charge in [0.2, 0.25) is 0 Å². The van der Waals surface area contributed by atoms with E-state index in [0.29, 0.717) is 23.0 Å². The van der Waals surface area contributed by atoms with Crippen molar-refractivity contribution in [2.24, 2.45) is 0 Å². The van der Waals surface area contributed by atoms with Gasteiger partial charge >= 0.3 is 0 Å². The number of hydrogen-bond donors (Lipinski definition) is 1. The van der Waals surface area contributed by atoms with Gasteiger partial charge in [0.1, 0.15) is 11.6 Å². The van der Waals surface area contributed by atoms with E-state index in [1.807, 2.05) is 24.3 Å². The summed E-state index contributed by atoms with van der Waals surface area (Å²) in [5.41, 5.74) is 2.69. The average molecular weight is 422 g/mol. The first-order valence-corrected chi connectivity index (χ1v) is 10.1. The highest BCUT2D eigenvalue weighted by atomic mass is 19.1. The van der Waals surface area contributed by atoms with Crippen LogP contribution < -0.4 is 10.2 Å². The third-order valence-electron chi connectivity index (χ3n) is 5.62. The highest BCUT2D eigenvalue weighted by Gasteiger charge is 2.24. The standard InChI is InChI=1S/C24H24F2N4O/c1-29(2)20-11-12-30(15-20)19-7-5-18(6-8-19)28-24(31)16-3-10-23(27-14-16)21-9-4-17(25)13-22(21)26/h3-10,13-14,20H,11-12,15H2,1-2H3,(H,28,31). The van der Waals surface area contributed by atoms with E-state index in [9.17, 15) is 13.6 Å². The molecule has 1 aliphatic rings. The Kier molecular flexibility index (Phi) is 5.95. The Hall–Kier alpha value is -3.32. The van der Waals surface area contributed by atoms with Gasteiger partial charge in [0.15, 0.2) is 0 Å². The lowest BCUT2D eigenvalue weighted by Gasteiger charge is -2.22. The lowest BCUT2D eigenvalue weighted by atomic mass is 10.1. The van der Waals surface area contributed by atoms with Crippen LogP contribution >= 0.6 is 0 Å². The van der Waals surface area contributed by atoms with Crippen molar-refractivity contribution in [2.75, 3.05) is 37.4 Å². The monoisotopic (exact) mass is 422 g/mol. The Bertz CT molecular complexity index is 1070. The molecule has 1 aromatic heterocycles. The largest absolute Gasteiger partial charge is 0.370 e. The minimum absolute atomic E-state index is 0.183. The van der Waals surface area contributed by atoms with Crippen LogP contribution in [0.2, 0.25) is 0 Å². The van der Waals surface area contributed by atoms with Crippen molar-refractivity contribution in [1.29, 1.82) is 0 Å². The fraction of sp³-hybridized carbons (Fsp3) is 0.250. The van der Waals surface area contributed by atoms with Crippen molar-refractivity contribution in [3.05, 3.63) is 78.0 Å². The number of likely N-dealkylation sites (N-methyl/N-ethyl adjacent to an activating group) is 1.